The summed E-state index contributed by atoms with van der Waals surface area (Å²) in [4.78, 5) is 19.0. The van der Waals surface area contributed by atoms with E-state index in [0.717, 1.165) is 33.8 Å². The molecule has 4 aromatic rings. The molecular weight excluding hydrogens is 360 g/mol. The van der Waals surface area contributed by atoms with Crippen molar-refractivity contribution in [3.63, 3.8) is 0 Å². The molecule has 4 aromatic heterocycles. The molecule has 1 N–H and O–H groups in total. The molecule has 8 heteroatoms. The first-order valence-electron chi connectivity index (χ1n) is 8.90. The first-order valence-corrected chi connectivity index (χ1v) is 9.78. The monoisotopic (exact) mass is 380 g/mol. The van der Waals surface area contributed by atoms with E-state index in [1.54, 1.807) is 23.7 Å². The zero-order valence-electron chi connectivity index (χ0n) is 15.4. The molecule has 4 rings (SSSR count). The van der Waals surface area contributed by atoms with E-state index in [1.165, 1.54) is 0 Å². The molecule has 4 heterocycles. The second-order valence-corrected chi connectivity index (χ2v) is 7.44. The van der Waals surface area contributed by atoms with Gasteiger partial charge in [-0.3, -0.25) is 4.98 Å². The van der Waals surface area contributed by atoms with Gasteiger partial charge in [-0.2, -0.15) is 4.98 Å². The highest BCUT2D eigenvalue weighted by molar-refractivity contribution is 7.16. The fourth-order valence-corrected chi connectivity index (χ4v) is 3.59. The van der Waals surface area contributed by atoms with E-state index >= 15 is 0 Å². The van der Waals surface area contributed by atoms with Gasteiger partial charge < -0.3 is 9.84 Å². The summed E-state index contributed by atoms with van der Waals surface area (Å²) in [6.45, 7) is 6.27. The molecule has 1 atom stereocenters. The Morgan fingerprint density at radius 3 is 2.81 bits per heavy atom. The fourth-order valence-electron chi connectivity index (χ4n) is 2.80. The molecule has 0 aliphatic heterocycles. The molecule has 0 aromatic carbocycles. The van der Waals surface area contributed by atoms with Gasteiger partial charge in [0.15, 0.2) is 0 Å². The van der Waals surface area contributed by atoms with Crippen LogP contribution in [-0.2, 0) is 6.42 Å². The number of hydrogen-bond donors (Lipinski definition) is 1. The lowest BCUT2D eigenvalue weighted by Gasteiger charge is -2.20. The highest BCUT2D eigenvalue weighted by Crippen LogP contribution is 2.31. The van der Waals surface area contributed by atoms with Crippen LogP contribution in [0.15, 0.2) is 40.5 Å². The van der Waals surface area contributed by atoms with Gasteiger partial charge in [-0.1, -0.05) is 25.9 Å². The van der Waals surface area contributed by atoms with Crippen LogP contribution in [-0.4, -0.2) is 25.1 Å². The number of hydrogen-bond acceptors (Lipinski definition) is 8. The zero-order chi connectivity index (χ0) is 18.8. The van der Waals surface area contributed by atoms with Gasteiger partial charge in [0.05, 0.1) is 5.39 Å². The Morgan fingerprint density at radius 2 is 2.07 bits per heavy atom. The van der Waals surface area contributed by atoms with Crippen LogP contribution in [0.5, 0.6) is 0 Å². The second kappa shape index (κ2) is 7.40. The summed E-state index contributed by atoms with van der Waals surface area (Å²) in [5.74, 6) is 2.91. The van der Waals surface area contributed by atoms with Crippen molar-refractivity contribution in [1.29, 1.82) is 0 Å². The van der Waals surface area contributed by atoms with Crippen LogP contribution < -0.4 is 5.32 Å². The van der Waals surface area contributed by atoms with Gasteiger partial charge in [0.25, 0.3) is 0 Å². The van der Waals surface area contributed by atoms with Crippen molar-refractivity contribution in [3.05, 3.63) is 47.7 Å². The number of nitrogens with one attached hydrogen (secondary N) is 1. The number of fused-ring (bicyclic) bond motifs is 1. The number of thiophene rings is 1. The van der Waals surface area contributed by atoms with E-state index in [-0.39, 0.29) is 12.0 Å². The smallest absolute Gasteiger partial charge is 0.249 e. The third kappa shape index (κ3) is 3.52. The van der Waals surface area contributed by atoms with Crippen molar-refractivity contribution >= 4 is 27.4 Å². The first-order chi connectivity index (χ1) is 13.2. The standard InChI is InChI=1S/C19H20N6OS/c1-4-14-21-17(13-7-9-27-19(13)22-14)23-15(11(2)3)18-24-16(25-26-18)12-6-5-8-20-10-12/h5-11,15H,4H2,1-3H3,(H,21,22,23). The highest BCUT2D eigenvalue weighted by Gasteiger charge is 2.24. The molecule has 0 amide bonds. The molecule has 0 aliphatic rings. The van der Waals surface area contributed by atoms with Crippen LogP contribution in [0.1, 0.15) is 38.5 Å². The van der Waals surface area contributed by atoms with Crippen LogP contribution >= 0.6 is 11.3 Å². The molecule has 0 saturated heterocycles. The maximum absolute atomic E-state index is 5.57. The molecule has 27 heavy (non-hydrogen) atoms. The summed E-state index contributed by atoms with van der Waals surface area (Å²) in [6, 6.07) is 5.63. The molecule has 1 unspecified atom stereocenters. The second-order valence-electron chi connectivity index (χ2n) is 6.55. The van der Waals surface area contributed by atoms with E-state index in [1.807, 2.05) is 23.6 Å². The van der Waals surface area contributed by atoms with Gasteiger partial charge in [0, 0.05) is 24.4 Å². The Hall–Kier alpha value is -2.87. The molecule has 138 valence electrons. The van der Waals surface area contributed by atoms with Gasteiger partial charge in [0.1, 0.15) is 22.5 Å². The van der Waals surface area contributed by atoms with Gasteiger partial charge in [0.2, 0.25) is 11.7 Å². The summed E-state index contributed by atoms with van der Waals surface area (Å²) in [6.07, 6.45) is 4.22. The van der Waals surface area contributed by atoms with Crippen LogP contribution in [0.2, 0.25) is 0 Å². The minimum atomic E-state index is -0.161. The lowest BCUT2D eigenvalue weighted by molar-refractivity contribution is 0.335. The Bertz CT molecular complexity index is 1040. The Labute approximate surface area is 160 Å². The molecule has 0 saturated carbocycles. The first kappa shape index (κ1) is 17.5. The van der Waals surface area contributed by atoms with E-state index in [0.29, 0.717) is 11.7 Å². The van der Waals surface area contributed by atoms with Crippen LogP contribution in [0.3, 0.4) is 0 Å². The number of rotatable bonds is 6. The highest BCUT2D eigenvalue weighted by atomic mass is 32.1. The quantitative estimate of drug-likeness (QED) is 0.526. The number of nitrogens with zero attached hydrogens (tertiary/aromatic N) is 5. The summed E-state index contributed by atoms with van der Waals surface area (Å²) in [5.41, 5.74) is 0.825. The van der Waals surface area contributed by atoms with Crippen molar-refractivity contribution in [2.75, 3.05) is 5.32 Å². The Kier molecular flexibility index (Phi) is 4.81. The summed E-state index contributed by atoms with van der Waals surface area (Å²) in [7, 11) is 0. The minimum Gasteiger partial charge on any atom is -0.358 e. The van der Waals surface area contributed by atoms with Gasteiger partial charge >= 0.3 is 0 Å². The topological polar surface area (TPSA) is 89.6 Å². The molecule has 0 bridgehead atoms. The van der Waals surface area contributed by atoms with Crippen molar-refractivity contribution < 1.29 is 4.52 Å². The van der Waals surface area contributed by atoms with E-state index in [4.69, 9.17) is 4.52 Å². The lowest BCUT2D eigenvalue weighted by atomic mass is 10.0. The van der Waals surface area contributed by atoms with Crippen molar-refractivity contribution in [1.82, 2.24) is 25.1 Å². The molecular formula is C19H20N6OS. The average Bonchev–Trinajstić information content (AvgIpc) is 3.35. The molecule has 0 aliphatic carbocycles. The molecule has 0 radical (unpaired) electrons. The summed E-state index contributed by atoms with van der Waals surface area (Å²) < 4.78 is 5.57. The summed E-state index contributed by atoms with van der Waals surface area (Å²) in [5, 5.41) is 10.7. The maximum atomic E-state index is 5.57. The van der Waals surface area contributed by atoms with Crippen molar-refractivity contribution in [3.8, 4) is 11.4 Å². The minimum absolute atomic E-state index is 0.161. The van der Waals surface area contributed by atoms with Crippen LogP contribution in [0.4, 0.5) is 5.82 Å². The normalized spacial score (nSPS) is 12.6. The fraction of sp³-hybridized carbons (Fsp3) is 0.316. The van der Waals surface area contributed by atoms with Crippen LogP contribution in [0.25, 0.3) is 21.6 Å². The number of aromatic nitrogens is 5. The predicted octanol–water partition coefficient (Wildman–Crippen LogP) is 4.51. The number of anilines is 1. The predicted molar refractivity (Wildman–Crippen MR) is 106 cm³/mol. The van der Waals surface area contributed by atoms with Gasteiger partial charge in [-0.25, -0.2) is 9.97 Å². The largest absolute Gasteiger partial charge is 0.358 e. The molecule has 0 spiro atoms. The van der Waals surface area contributed by atoms with Crippen LogP contribution in [0, 0.1) is 5.92 Å². The number of pyridine rings is 1. The zero-order valence-corrected chi connectivity index (χ0v) is 16.2. The van der Waals surface area contributed by atoms with Crippen molar-refractivity contribution in [2.24, 2.45) is 5.92 Å². The van der Waals surface area contributed by atoms with E-state index in [2.05, 4.69) is 51.2 Å². The summed E-state index contributed by atoms with van der Waals surface area (Å²) >= 11 is 1.61. The van der Waals surface area contributed by atoms with Gasteiger partial charge in [-0.05, 0) is 29.5 Å². The number of aryl methyl sites for hydroxylation is 1. The SMILES string of the molecule is CCc1nc(NC(c2nc(-c3cccnc3)no2)C(C)C)c2ccsc2n1. The molecule has 0 fully saturated rings. The van der Waals surface area contributed by atoms with Crippen molar-refractivity contribution in [2.45, 2.75) is 33.2 Å². The Morgan fingerprint density at radius 1 is 1.19 bits per heavy atom. The van der Waals surface area contributed by atoms with E-state index in [9.17, 15) is 0 Å². The maximum Gasteiger partial charge on any atom is 0.249 e. The average molecular weight is 380 g/mol. The molecule has 7 nitrogen and oxygen atoms in total. The third-order valence-corrected chi connectivity index (χ3v) is 5.08. The third-order valence-electron chi connectivity index (χ3n) is 4.27. The van der Waals surface area contributed by atoms with E-state index < -0.39 is 0 Å². The van der Waals surface area contributed by atoms with Gasteiger partial charge in [-0.15, -0.1) is 11.3 Å². The lowest BCUT2D eigenvalue weighted by Crippen LogP contribution is -2.18. The Balaban J connectivity index is 1.69.